The molecule has 12 heteroatoms. The Kier molecular flexibility index (Phi) is 12.7. The standard InChI is InChI=1S/C28H37N7O3.2ClH/c1-17-8-13-22-21(14-17)25(33-23-6-4-5-7-24(23)34-28(29)30)35-26(32-22)27(36)31-19(16-37-2)15-18-9-11-20(38-3)12-10-18;;/h8-14,19,23-24H,4-7,15-16H2,1-3H3,(H,31,36)(H4,29,30,34)(H,32,33,35);2*1H/t19-,23-,24+;;/m0../s1. The summed E-state index contributed by atoms with van der Waals surface area (Å²) in [6, 6.07) is 13.3. The van der Waals surface area contributed by atoms with Crippen molar-refractivity contribution in [1.29, 1.82) is 0 Å². The molecule has 0 aliphatic heterocycles. The summed E-state index contributed by atoms with van der Waals surface area (Å²) < 4.78 is 10.6. The van der Waals surface area contributed by atoms with Gasteiger partial charge in [-0.2, -0.15) is 0 Å². The number of hydrogen-bond acceptors (Lipinski definition) is 7. The molecule has 1 aromatic heterocycles. The van der Waals surface area contributed by atoms with Crippen molar-refractivity contribution in [2.45, 2.75) is 57.2 Å². The molecule has 1 fully saturated rings. The number of nitrogens with one attached hydrogen (secondary N) is 2. The lowest BCUT2D eigenvalue weighted by Gasteiger charge is -2.30. The number of amides is 1. The van der Waals surface area contributed by atoms with Crippen molar-refractivity contribution in [3.63, 3.8) is 0 Å². The highest BCUT2D eigenvalue weighted by Gasteiger charge is 2.27. The van der Waals surface area contributed by atoms with Crippen LogP contribution in [0.1, 0.15) is 47.4 Å². The molecule has 0 saturated heterocycles. The maximum Gasteiger partial charge on any atom is 0.289 e. The first-order valence-electron chi connectivity index (χ1n) is 12.9. The number of nitrogens with two attached hydrogens (primary N) is 2. The van der Waals surface area contributed by atoms with Gasteiger partial charge in [0, 0.05) is 12.5 Å². The maximum atomic E-state index is 13.4. The summed E-state index contributed by atoms with van der Waals surface area (Å²) in [5, 5.41) is 7.44. The summed E-state index contributed by atoms with van der Waals surface area (Å²) in [6.07, 6.45) is 4.50. The third-order valence-corrected chi connectivity index (χ3v) is 6.77. The van der Waals surface area contributed by atoms with Gasteiger partial charge in [0.2, 0.25) is 5.82 Å². The average molecular weight is 593 g/mol. The van der Waals surface area contributed by atoms with E-state index in [0.717, 1.165) is 47.9 Å². The highest BCUT2D eigenvalue weighted by atomic mass is 35.5. The quantitative estimate of drug-likeness (QED) is 0.205. The number of anilines is 1. The Morgan fingerprint density at radius 3 is 2.48 bits per heavy atom. The third-order valence-electron chi connectivity index (χ3n) is 6.77. The monoisotopic (exact) mass is 591 g/mol. The topological polar surface area (TPSA) is 150 Å². The van der Waals surface area contributed by atoms with Crippen molar-refractivity contribution >= 4 is 53.4 Å². The molecule has 4 rings (SSSR count). The molecule has 1 heterocycles. The molecule has 10 nitrogen and oxygen atoms in total. The summed E-state index contributed by atoms with van der Waals surface area (Å²) in [5.74, 6) is 1.18. The third kappa shape index (κ3) is 8.58. The smallest absolute Gasteiger partial charge is 0.289 e. The SMILES string of the molecule is COC[C@H](Cc1ccc(OC)cc1)NC(=O)c1nc(N[C@H]2CCCC[C@H]2N=C(N)N)c2cc(C)ccc2n1.Cl.Cl. The maximum absolute atomic E-state index is 13.4. The molecule has 218 valence electrons. The normalized spacial score (nSPS) is 17.1. The van der Waals surface area contributed by atoms with Gasteiger partial charge in [-0.3, -0.25) is 4.79 Å². The minimum Gasteiger partial charge on any atom is -0.497 e. The molecule has 6 N–H and O–H groups in total. The van der Waals surface area contributed by atoms with Crippen molar-refractivity contribution in [1.82, 2.24) is 15.3 Å². The van der Waals surface area contributed by atoms with Crippen molar-refractivity contribution in [2.24, 2.45) is 16.5 Å². The molecule has 0 radical (unpaired) electrons. The summed E-state index contributed by atoms with van der Waals surface area (Å²) >= 11 is 0. The van der Waals surface area contributed by atoms with Crippen LogP contribution >= 0.6 is 24.8 Å². The van der Waals surface area contributed by atoms with Crippen molar-refractivity contribution in [3.05, 3.63) is 59.4 Å². The number of hydrogen-bond donors (Lipinski definition) is 4. The van der Waals surface area contributed by atoms with Gasteiger partial charge in [-0.25, -0.2) is 15.0 Å². The van der Waals surface area contributed by atoms with Gasteiger partial charge in [0.25, 0.3) is 5.91 Å². The molecule has 0 unspecified atom stereocenters. The van der Waals surface area contributed by atoms with Crippen LogP contribution in [0.3, 0.4) is 0 Å². The number of methoxy groups -OCH3 is 2. The molecule has 1 aliphatic rings. The minimum atomic E-state index is -0.365. The summed E-state index contributed by atoms with van der Waals surface area (Å²) in [4.78, 5) is 27.1. The Labute approximate surface area is 247 Å². The van der Waals surface area contributed by atoms with Gasteiger partial charge in [0.05, 0.1) is 37.4 Å². The number of nitrogens with zero attached hydrogens (tertiary/aromatic N) is 3. The molecule has 0 spiro atoms. The van der Waals surface area contributed by atoms with E-state index in [-0.39, 0.29) is 60.6 Å². The van der Waals surface area contributed by atoms with Crippen LogP contribution in [0.4, 0.5) is 5.82 Å². The van der Waals surface area contributed by atoms with E-state index in [9.17, 15) is 4.79 Å². The highest BCUT2D eigenvalue weighted by Crippen LogP contribution is 2.28. The second-order valence-corrected chi connectivity index (χ2v) is 9.75. The first kappa shape index (κ1) is 32.9. The fraction of sp³-hybridized carbons (Fsp3) is 0.429. The number of aromatic nitrogens is 2. The zero-order valence-corrected chi connectivity index (χ0v) is 24.7. The van der Waals surface area contributed by atoms with Gasteiger partial charge in [0.1, 0.15) is 11.6 Å². The Bertz CT molecular complexity index is 1290. The lowest BCUT2D eigenvalue weighted by molar-refractivity contribution is 0.0887. The number of carbonyl (C=O) groups is 1. The summed E-state index contributed by atoms with van der Waals surface area (Å²) in [6.45, 7) is 2.36. The molecular weight excluding hydrogens is 553 g/mol. The predicted molar refractivity (Wildman–Crippen MR) is 164 cm³/mol. The van der Waals surface area contributed by atoms with Crippen LogP contribution in [0.5, 0.6) is 5.75 Å². The molecule has 1 saturated carbocycles. The average Bonchev–Trinajstić information content (AvgIpc) is 2.90. The van der Waals surface area contributed by atoms with Gasteiger partial charge >= 0.3 is 0 Å². The van der Waals surface area contributed by atoms with Gasteiger partial charge in [0.15, 0.2) is 5.96 Å². The van der Waals surface area contributed by atoms with Gasteiger partial charge in [-0.05, 0) is 56.0 Å². The number of guanidine groups is 1. The number of aryl methyl sites for hydroxylation is 1. The van der Waals surface area contributed by atoms with Crippen molar-refractivity contribution < 1.29 is 14.3 Å². The largest absolute Gasteiger partial charge is 0.497 e. The molecule has 3 aromatic rings. The zero-order chi connectivity index (χ0) is 27.1. The van der Waals surface area contributed by atoms with Crippen LogP contribution in [0, 0.1) is 6.92 Å². The van der Waals surface area contributed by atoms with E-state index >= 15 is 0 Å². The molecule has 1 aliphatic carbocycles. The van der Waals surface area contributed by atoms with Gasteiger partial charge in [-0.15, -0.1) is 24.8 Å². The number of halogens is 2. The van der Waals surface area contributed by atoms with E-state index in [4.69, 9.17) is 20.9 Å². The Morgan fingerprint density at radius 1 is 1.07 bits per heavy atom. The van der Waals surface area contributed by atoms with E-state index in [2.05, 4.69) is 25.6 Å². The summed E-state index contributed by atoms with van der Waals surface area (Å²) in [7, 11) is 3.24. The lowest BCUT2D eigenvalue weighted by Crippen LogP contribution is -2.41. The zero-order valence-electron chi connectivity index (χ0n) is 23.1. The Morgan fingerprint density at radius 2 is 1.80 bits per heavy atom. The van der Waals surface area contributed by atoms with Gasteiger partial charge < -0.3 is 31.6 Å². The molecule has 3 atom stereocenters. The van der Waals surface area contributed by atoms with Crippen LogP contribution in [0.15, 0.2) is 47.5 Å². The van der Waals surface area contributed by atoms with Gasteiger partial charge in [-0.1, -0.05) is 36.6 Å². The molecule has 0 bridgehead atoms. The highest BCUT2D eigenvalue weighted by molar-refractivity contribution is 5.97. The number of fused-ring (bicyclic) bond motifs is 1. The van der Waals surface area contributed by atoms with E-state index in [1.165, 1.54) is 0 Å². The first-order chi connectivity index (χ1) is 18.4. The number of rotatable bonds is 10. The number of ether oxygens (including phenoxy) is 2. The van der Waals surface area contributed by atoms with Crippen LogP contribution in [-0.4, -0.2) is 60.8 Å². The lowest BCUT2D eigenvalue weighted by atomic mass is 9.90. The molecule has 40 heavy (non-hydrogen) atoms. The Balaban J connectivity index is 0.00000280. The second-order valence-electron chi connectivity index (χ2n) is 9.75. The second kappa shape index (κ2) is 15.4. The number of aliphatic imine (C=N–C) groups is 1. The van der Waals surface area contributed by atoms with Crippen LogP contribution in [0.25, 0.3) is 10.9 Å². The van der Waals surface area contributed by atoms with E-state index in [1.54, 1.807) is 14.2 Å². The number of carbonyl (C=O) groups excluding carboxylic acids is 1. The van der Waals surface area contributed by atoms with E-state index < -0.39 is 0 Å². The fourth-order valence-electron chi connectivity index (χ4n) is 4.90. The van der Waals surface area contributed by atoms with Crippen molar-refractivity contribution in [3.8, 4) is 5.75 Å². The fourth-order valence-corrected chi connectivity index (χ4v) is 4.90. The first-order valence-corrected chi connectivity index (χ1v) is 12.9. The molecule has 2 aromatic carbocycles. The molecule has 1 amide bonds. The summed E-state index contributed by atoms with van der Waals surface area (Å²) in [5.41, 5.74) is 14.2. The van der Waals surface area contributed by atoms with Crippen LogP contribution in [0.2, 0.25) is 0 Å². The molecular formula is C28H39Cl2N7O3. The Hall–Kier alpha value is -3.34. The minimum absolute atomic E-state index is 0. The predicted octanol–water partition coefficient (Wildman–Crippen LogP) is 3.77. The van der Waals surface area contributed by atoms with E-state index in [0.29, 0.717) is 24.4 Å². The van der Waals surface area contributed by atoms with Crippen molar-refractivity contribution in [2.75, 3.05) is 26.1 Å². The number of benzene rings is 2. The van der Waals surface area contributed by atoms with Crippen LogP contribution in [-0.2, 0) is 11.2 Å². The van der Waals surface area contributed by atoms with E-state index in [1.807, 2.05) is 49.4 Å². The van der Waals surface area contributed by atoms with Crippen LogP contribution < -0.4 is 26.8 Å².